The molecule has 3 atom stereocenters. The van der Waals surface area contributed by atoms with Crippen LogP contribution in [-0.4, -0.2) is 109 Å². The fraction of sp³-hybridized carbons (Fsp3) is 0.595. The van der Waals surface area contributed by atoms with Gasteiger partial charge in [0.25, 0.3) is 0 Å². The Morgan fingerprint density at radius 1 is 1.14 bits per heavy atom. The van der Waals surface area contributed by atoms with Crippen LogP contribution in [0.2, 0.25) is 5.02 Å². The third-order valence-electron chi connectivity index (χ3n) is 10.5. The third kappa shape index (κ3) is 6.98. The number of fused-ring (bicyclic) bond motifs is 3. The molecule has 0 radical (unpaired) electrons. The van der Waals surface area contributed by atoms with Crippen molar-refractivity contribution >= 4 is 40.0 Å². The van der Waals surface area contributed by atoms with Gasteiger partial charge in [-0.05, 0) is 70.5 Å². The molecule has 11 nitrogen and oxygen atoms in total. The Kier molecular flexibility index (Phi) is 9.64. The molecule has 270 valence electrons. The number of methoxy groups -OCH3 is 1. The molecular formula is C37H48ClFN6O5. The molecule has 3 fully saturated rings. The largest absolute Gasteiger partial charge is 0.467 e. The zero-order valence-corrected chi connectivity index (χ0v) is 30.5. The van der Waals surface area contributed by atoms with Crippen molar-refractivity contribution in [3.8, 4) is 11.8 Å². The Morgan fingerprint density at radius 3 is 2.78 bits per heavy atom. The highest BCUT2D eigenvalue weighted by Gasteiger charge is 2.49. The predicted molar refractivity (Wildman–Crippen MR) is 191 cm³/mol. The maximum Gasteiger partial charge on any atom is 0.410 e. The van der Waals surface area contributed by atoms with Crippen molar-refractivity contribution in [2.24, 2.45) is 0 Å². The summed E-state index contributed by atoms with van der Waals surface area (Å²) in [5, 5.41) is 2.58. The van der Waals surface area contributed by atoms with E-state index in [1.807, 2.05) is 58.2 Å². The van der Waals surface area contributed by atoms with E-state index in [2.05, 4.69) is 14.7 Å². The minimum absolute atomic E-state index is 0.0378. The van der Waals surface area contributed by atoms with Crippen molar-refractivity contribution < 1.29 is 28.1 Å². The van der Waals surface area contributed by atoms with Gasteiger partial charge in [0, 0.05) is 69.8 Å². The smallest absolute Gasteiger partial charge is 0.410 e. The van der Waals surface area contributed by atoms with Crippen molar-refractivity contribution in [3.63, 3.8) is 0 Å². The maximum atomic E-state index is 14.6. The van der Waals surface area contributed by atoms with Crippen LogP contribution in [0.25, 0.3) is 10.8 Å². The van der Waals surface area contributed by atoms with Gasteiger partial charge in [-0.3, -0.25) is 4.90 Å². The van der Waals surface area contributed by atoms with Crippen LogP contribution in [0.15, 0.2) is 30.3 Å². The van der Waals surface area contributed by atoms with Crippen LogP contribution in [0.5, 0.6) is 11.8 Å². The SMILES string of the molecule is COCOc1cc(N2CCc3c(nc(OC[C@@]45CCCN4C[C@H](F)C5)nc3N(C)[C@@H]3CCN(C(=O)OC(C)(C)C)C3)C2)c2c(Cl)cccc2c1. The number of likely N-dealkylation sites (N-methyl/N-ethyl adjacent to an activating group) is 1. The summed E-state index contributed by atoms with van der Waals surface area (Å²) in [6.45, 7) is 9.80. The average Bonchev–Trinajstić information content (AvgIpc) is 3.79. The van der Waals surface area contributed by atoms with Crippen LogP contribution in [0, 0.1) is 0 Å². The number of carbonyl (C=O) groups excluding carboxylic acids is 1. The maximum absolute atomic E-state index is 14.6. The number of aromatic nitrogens is 2. The molecular weight excluding hydrogens is 663 g/mol. The second kappa shape index (κ2) is 13.8. The summed E-state index contributed by atoms with van der Waals surface area (Å²) < 4.78 is 37.8. The Morgan fingerprint density at radius 2 is 1.98 bits per heavy atom. The summed E-state index contributed by atoms with van der Waals surface area (Å²) in [6.07, 6.45) is 2.72. The molecule has 0 bridgehead atoms. The summed E-state index contributed by atoms with van der Waals surface area (Å²) in [6, 6.07) is 10.2. The van der Waals surface area contributed by atoms with Gasteiger partial charge >= 0.3 is 12.1 Å². The lowest BCUT2D eigenvalue weighted by Gasteiger charge is -2.35. The summed E-state index contributed by atoms with van der Waals surface area (Å²) in [5.41, 5.74) is 1.98. The van der Waals surface area contributed by atoms with Crippen LogP contribution in [0.1, 0.15) is 57.7 Å². The van der Waals surface area contributed by atoms with E-state index in [1.54, 1.807) is 12.0 Å². The minimum atomic E-state index is -0.848. The van der Waals surface area contributed by atoms with E-state index in [-0.39, 0.29) is 30.5 Å². The highest BCUT2D eigenvalue weighted by atomic mass is 35.5. The highest BCUT2D eigenvalue weighted by molar-refractivity contribution is 6.36. The first-order valence-electron chi connectivity index (χ1n) is 17.6. The number of alkyl halides is 1. The Hall–Kier alpha value is -3.61. The number of hydrogen-bond donors (Lipinski definition) is 0. The molecule has 3 saturated heterocycles. The molecule has 5 heterocycles. The average molecular weight is 711 g/mol. The van der Waals surface area contributed by atoms with E-state index in [0.717, 1.165) is 59.3 Å². The number of rotatable bonds is 9. The van der Waals surface area contributed by atoms with Crippen molar-refractivity contribution in [1.29, 1.82) is 0 Å². The van der Waals surface area contributed by atoms with Crippen LogP contribution in [0.3, 0.4) is 0 Å². The lowest BCUT2D eigenvalue weighted by atomic mass is 9.95. The van der Waals surface area contributed by atoms with E-state index in [4.69, 9.17) is 40.5 Å². The molecule has 0 spiro atoms. The number of halogens is 2. The van der Waals surface area contributed by atoms with Gasteiger partial charge in [0.2, 0.25) is 0 Å². The molecule has 50 heavy (non-hydrogen) atoms. The number of likely N-dealkylation sites (tertiary alicyclic amines) is 1. The van der Waals surface area contributed by atoms with Gasteiger partial charge in [-0.15, -0.1) is 0 Å². The molecule has 0 N–H and O–H groups in total. The van der Waals surface area contributed by atoms with E-state index in [1.165, 1.54) is 0 Å². The second-order valence-electron chi connectivity index (χ2n) is 15.1. The number of anilines is 2. The van der Waals surface area contributed by atoms with Gasteiger partial charge in [0.05, 0.1) is 28.5 Å². The molecule has 1 amide bonds. The quantitative estimate of drug-likeness (QED) is 0.238. The highest BCUT2D eigenvalue weighted by Crippen LogP contribution is 2.42. The number of nitrogens with zero attached hydrogens (tertiary/aromatic N) is 6. The topological polar surface area (TPSA) is 92.7 Å². The molecule has 3 aromatic rings. The molecule has 13 heteroatoms. The summed E-state index contributed by atoms with van der Waals surface area (Å²) in [4.78, 5) is 31.4. The van der Waals surface area contributed by atoms with Gasteiger partial charge in [0.1, 0.15) is 29.9 Å². The number of carbonyl (C=O) groups is 1. The number of benzene rings is 2. The van der Waals surface area contributed by atoms with E-state index in [0.29, 0.717) is 62.9 Å². The standard InChI is InChI=1S/C37H48ClFN6O5/c1-36(2,3)50-35(46)44-14-10-26(20-44)42(4)33-28-11-15-43(31-17-27(49-23-47-5)16-24-8-6-9-29(38)32(24)31)21-30(28)40-34(41-33)48-22-37-12-7-13-45(37)19-25(39)18-37/h6,8-9,16-17,25-26H,7,10-15,18-23H2,1-5H3/t25-,26-,37+/m1/s1. The number of ether oxygens (including phenoxy) is 4. The lowest BCUT2D eigenvalue weighted by molar-refractivity contribution is 0.0292. The first-order valence-corrected chi connectivity index (χ1v) is 18.0. The Balaban J connectivity index is 1.21. The van der Waals surface area contributed by atoms with Crippen LogP contribution >= 0.6 is 11.6 Å². The first kappa shape index (κ1) is 34.8. The predicted octanol–water partition coefficient (Wildman–Crippen LogP) is 6.23. The first-order chi connectivity index (χ1) is 23.9. The van der Waals surface area contributed by atoms with Crippen LogP contribution < -0.4 is 19.3 Å². The molecule has 2 aromatic carbocycles. The molecule has 1 aromatic heterocycles. The fourth-order valence-corrected chi connectivity index (χ4v) is 8.39. The molecule has 4 aliphatic heterocycles. The summed E-state index contributed by atoms with van der Waals surface area (Å²) in [5.74, 6) is 1.49. The zero-order valence-electron chi connectivity index (χ0n) is 29.7. The van der Waals surface area contributed by atoms with Gasteiger partial charge < -0.3 is 33.6 Å². The van der Waals surface area contributed by atoms with Gasteiger partial charge in [-0.1, -0.05) is 23.7 Å². The van der Waals surface area contributed by atoms with Gasteiger partial charge in [-0.2, -0.15) is 9.97 Å². The van der Waals surface area contributed by atoms with Crippen molar-refractivity contribution in [2.75, 3.05) is 70.1 Å². The molecule has 0 unspecified atom stereocenters. The second-order valence-corrected chi connectivity index (χ2v) is 15.5. The van der Waals surface area contributed by atoms with E-state index in [9.17, 15) is 9.18 Å². The monoisotopic (exact) mass is 710 g/mol. The summed E-state index contributed by atoms with van der Waals surface area (Å²) >= 11 is 6.82. The normalized spacial score (nSPS) is 23.7. The zero-order chi connectivity index (χ0) is 35.2. The van der Waals surface area contributed by atoms with E-state index >= 15 is 0 Å². The van der Waals surface area contributed by atoms with Gasteiger partial charge in [0.15, 0.2) is 6.79 Å². The van der Waals surface area contributed by atoms with E-state index < -0.39 is 11.8 Å². The lowest BCUT2D eigenvalue weighted by Crippen LogP contribution is -2.44. The van der Waals surface area contributed by atoms with Gasteiger partial charge in [-0.25, -0.2) is 9.18 Å². The molecule has 4 aliphatic rings. The Bertz CT molecular complexity index is 1740. The Labute approximate surface area is 298 Å². The number of hydrogen-bond acceptors (Lipinski definition) is 10. The van der Waals surface area contributed by atoms with Crippen LogP contribution in [0.4, 0.5) is 20.7 Å². The molecule has 0 aliphatic carbocycles. The summed E-state index contributed by atoms with van der Waals surface area (Å²) in [7, 11) is 3.63. The van der Waals surface area contributed by atoms with Crippen molar-refractivity contribution in [2.45, 2.75) is 82.8 Å². The minimum Gasteiger partial charge on any atom is -0.467 e. The number of amides is 1. The van der Waals surface area contributed by atoms with Crippen molar-refractivity contribution in [1.82, 2.24) is 19.8 Å². The van der Waals surface area contributed by atoms with Crippen LogP contribution in [-0.2, 0) is 22.4 Å². The molecule has 0 saturated carbocycles. The molecule has 7 rings (SSSR count). The fourth-order valence-electron chi connectivity index (χ4n) is 8.11. The third-order valence-corrected chi connectivity index (χ3v) is 10.8. The van der Waals surface area contributed by atoms with Crippen molar-refractivity contribution in [3.05, 3.63) is 46.6 Å².